The van der Waals surface area contributed by atoms with E-state index in [1.165, 1.54) is 0 Å². The quantitative estimate of drug-likeness (QED) is 0.783. The number of imidazole rings is 1. The standard InChI is InChI=1S/C18H22N6O/c1-13-20-18(15-12-23-10-9-19-8-7-17(23)21-15)24(22-13)11-14-5-3-4-6-16(14)25-2/h3-6,12,19H,7-11H2,1-2H3. The number of ether oxygens (including phenoxy) is 1. The molecule has 25 heavy (non-hydrogen) atoms. The first kappa shape index (κ1) is 15.8. The van der Waals surface area contributed by atoms with Crippen molar-refractivity contribution in [3.05, 3.63) is 47.7 Å². The molecule has 4 rings (SSSR count). The summed E-state index contributed by atoms with van der Waals surface area (Å²) in [6.45, 7) is 5.37. The van der Waals surface area contributed by atoms with Crippen LogP contribution in [0.4, 0.5) is 0 Å². The molecule has 0 amide bonds. The molecule has 0 aliphatic carbocycles. The highest BCUT2D eigenvalue weighted by atomic mass is 16.5. The molecule has 7 heteroatoms. The van der Waals surface area contributed by atoms with E-state index < -0.39 is 0 Å². The molecule has 1 N–H and O–H groups in total. The predicted octanol–water partition coefficient (Wildman–Crippen LogP) is 1.65. The summed E-state index contributed by atoms with van der Waals surface area (Å²) in [5.41, 5.74) is 1.95. The minimum Gasteiger partial charge on any atom is -0.496 e. The zero-order valence-corrected chi connectivity index (χ0v) is 14.6. The predicted molar refractivity (Wildman–Crippen MR) is 94.6 cm³/mol. The zero-order valence-electron chi connectivity index (χ0n) is 14.6. The van der Waals surface area contributed by atoms with E-state index in [4.69, 9.17) is 9.72 Å². The van der Waals surface area contributed by atoms with Gasteiger partial charge in [0.05, 0.1) is 13.7 Å². The van der Waals surface area contributed by atoms with Crippen LogP contribution < -0.4 is 10.1 Å². The lowest BCUT2D eigenvalue weighted by molar-refractivity contribution is 0.407. The van der Waals surface area contributed by atoms with Crippen molar-refractivity contribution in [2.75, 3.05) is 20.2 Å². The second-order valence-electron chi connectivity index (χ2n) is 6.19. The molecule has 0 atom stereocenters. The van der Waals surface area contributed by atoms with Crippen LogP contribution >= 0.6 is 0 Å². The van der Waals surface area contributed by atoms with Crippen molar-refractivity contribution in [1.82, 2.24) is 29.6 Å². The average Bonchev–Trinajstić information content (AvgIpc) is 3.11. The maximum atomic E-state index is 5.46. The SMILES string of the molecule is COc1ccccc1Cn1nc(C)nc1-c1cn2c(n1)CCNCC2. The van der Waals surface area contributed by atoms with Crippen LogP contribution in [-0.2, 0) is 19.5 Å². The number of fused-ring (bicyclic) bond motifs is 1. The molecule has 2 aromatic heterocycles. The Morgan fingerprint density at radius 2 is 2.08 bits per heavy atom. The molecular formula is C18H22N6O. The molecule has 130 valence electrons. The van der Waals surface area contributed by atoms with Gasteiger partial charge in [-0.25, -0.2) is 14.6 Å². The number of rotatable bonds is 4. The molecule has 1 aliphatic heterocycles. The number of aromatic nitrogens is 5. The monoisotopic (exact) mass is 338 g/mol. The van der Waals surface area contributed by atoms with Gasteiger partial charge in [-0.05, 0) is 13.0 Å². The van der Waals surface area contributed by atoms with Gasteiger partial charge < -0.3 is 14.6 Å². The van der Waals surface area contributed by atoms with Gasteiger partial charge in [0.2, 0.25) is 0 Å². The van der Waals surface area contributed by atoms with Gasteiger partial charge in [0, 0.05) is 37.8 Å². The highest BCUT2D eigenvalue weighted by Crippen LogP contribution is 2.23. The van der Waals surface area contributed by atoms with E-state index in [0.29, 0.717) is 6.54 Å². The van der Waals surface area contributed by atoms with Crippen LogP contribution in [-0.4, -0.2) is 44.5 Å². The molecule has 0 fully saturated rings. The maximum Gasteiger partial charge on any atom is 0.178 e. The van der Waals surface area contributed by atoms with Gasteiger partial charge in [0.1, 0.15) is 23.1 Å². The topological polar surface area (TPSA) is 69.8 Å². The number of para-hydroxylation sites is 1. The van der Waals surface area contributed by atoms with Crippen LogP contribution in [0.5, 0.6) is 5.75 Å². The Morgan fingerprint density at radius 3 is 2.96 bits per heavy atom. The van der Waals surface area contributed by atoms with Crippen molar-refractivity contribution in [2.24, 2.45) is 0 Å². The van der Waals surface area contributed by atoms with Crippen molar-refractivity contribution in [3.8, 4) is 17.3 Å². The molecule has 0 saturated heterocycles. The van der Waals surface area contributed by atoms with E-state index in [1.807, 2.05) is 35.9 Å². The van der Waals surface area contributed by atoms with Crippen LogP contribution in [0.15, 0.2) is 30.5 Å². The fourth-order valence-electron chi connectivity index (χ4n) is 3.23. The summed E-state index contributed by atoms with van der Waals surface area (Å²) < 4.78 is 9.59. The van der Waals surface area contributed by atoms with Gasteiger partial charge >= 0.3 is 0 Å². The summed E-state index contributed by atoms with van der Waals surface area (Å²) in [5.74, 6) is 3.50. The van der Waals surface area contributed by atoms with E-state index in [2.05, 4.69) is 26.2 Å². The van der Waals surface area contributed by atoms with Crippen LogP contribution in [0.3, 0.4) is 0 Å². The number of hydrogen-bond donors (Lipinski definition) is 1. The Labute approximate surface area is 146 Å². The van der Waals surface area contributed by atoms with Crippen LogP contribution in [0.1, 0.15) is 17.2 Å². The van der Waals surface area contributed by atoms with Gasteiger partial charge in [-0.2, -0.15) is 5.10 Å². The number of methoxy groups -OCH3 is 1. The fourth-order valence-corrected chi connectivity index (χ4v) is 3.23. The fraction of sp³-hybridized carbons (Fsp3) is 0.389. The van der Waals surface area contributed by atoms with Crippen molar-refractivity contribution < 1.29 is 4.74 Å². The first-order chi connectivity index (χ1) is 12.2. The number of benzene rings is 1. The van der Waals surface area contributed by atoms with Gasteiger partial charge in [-0.1, -0.05) is 18.2 Å². The number of aryl methyl sites for hydroxylation is 1. The van der Waals surface area contributed by atoms with E-state index >= 15 is 0 Å². The van der Waals surface area contributed by atoms with E-state index in [0.717, 1.165) is 60.5 Å². The second kappa shape index (κ2) is 6.68. The molecule has 3 heterocycles. The number of nitrogens with zero attached hydrogens (tertiary/aromatic N) is 5. The lowest BCUT2D eigenvalue weighted by Crippen LogP contribution is -2.17. The van der Waals surface area contributed by atoms with Gasteiger partial charge in [0.15, 0.2) is 5.82 Å². The average molecular weight is 338 g/mol. The summed E-state index contributed by atoms with van der Waals surface area (Å²) in [5, 5.41) is 7.96. The Hall–Kier alpha value is -2.67. The molecule has 0 radical (unpaired) electrons. The van der Waals surface area contributed by atoms with E-state index in [9.17, 15) is 0 Å². The summed E-state index contributed by atoms with van der Waals surface area (Å²) >= 11 is 0. The lowest BCUT2D eigenvalue weighted by atomic mass is 10.2. The van der Waals surface area contributed by atoms with Crippen molar-refractivity contribution >= 4 is 0 Å². The van der Waals surface area contributed by atoms with Gasteiger partial charge in [-0.3, -0.25) is 0 Å². The van der Waals surface area contributed by atoms with E-state index in [-0.39, 0.29) is 0 Å². The molecule has 0 spiro atoms. The third kappa shape index (κ3) is 3.15. The highest BCUT2D eigenvalue weighted by Gasteiger charge is 2.18. The molecule has 0 unspecified atom stereocenters. The smallest absolute Gasteiger partial charge is 0.178 e. The zero-order chi connectivity index (χ0) is 17.2. The highest BCUT2D eigenvalue weighted by molar-refractivity contribution is 5.49. The normalized spacial score (nSPS) is 14.2. The minimum atomic E-state index is 0.601. The summed E-state index contributed by atoms with van der Waals surface area (Å²) in [6, 6.07) is 7.99. The van der Waals surface area contributed by atoms with Crippen molar-refractivity contribution in [3.63, 3.8) is 0 Å². The van der Waals surface area contributed by atoms with Crippen LogP contribution in [0.2, 0.25) is 0 Å². The van der Waals surface area contributed by atoms with Crippen molar-refractivity contribution in [2.45, 2.75) is 26.4 Å². The van der Waals surface area contributed by atoms with Crippen molar-refractivity contribution in [1.29, 1.82) is 0 Å². The van der Waals surface area contributed by atoms with Crippen LogP contribution in [0.25, 0.3) is 11.5 Å². The Kier molecular flexibility index (Phi) is 4.23. The largest absolute Gasteiger partial charge is 0.496 e. The Morgan fingerprint density at radius 1 is 1.20 bits per heavy atom. The summed E-state index contributed by atoms with van der Waals surface area (Å²) in [7, 11) is 1.69. The molecular weight excluding hydrogens is 316 g/mol. The number of hydrogen-bond acceptors (Lipinski definition) is 5. The summed E-state index contributed by atoms with van der Waals surface area (Å²) in [6.07, 6.45) is 3.02. The molecule has 3 aromatic rings. The molecule has 0 bridgehead atoms. The lowest BCUT2D eigenvalue weighted by Gasteiger charge is -2.09. The first-order valence-corrected chi connectivity index (χ1v) is 8.55. The van der Waals surface area contributed by atoms with Crippen LogP contribution in [0, 0.1) is 6.92 Å². The Bertz CT molecular complexity index is 858. The second-order valence-corrected chi connectivity index (χ2v) is 6.19. The minimum absolute atomic E-state index is 0.601. The molecule has 7 nitrogen and oxygen atoms in total. The third-order valence-corrected chi connectivity index (χ3v) is 4.43. The molecule has 0 saturated carbocycles. The van der Waals surface area contributed by atoms with Gasteiger partial charge in [-0.15, -0.1) is 0 Å². The van der Waals surface area contributed by atoms with Gasteiger partial charge in [0.25, 0.3) is 0 Å². The maximum absolute atomic E-state index is 5.46. The Balaban J connectivity index is 1.70. The molecule has 1 aliphatic rings. The number of nitrogens with one attached hydrogen (secondary N) is 1. The first-order valence-electron chi connectivity index (χ1n) is 8.55. The molecule has 1 aromatic carbocycles. The summed E-state index contributed by atoms with van der Waals surface area (Å²) in [4.78, 5) is 9.43. The third-order valence-electron chi connectivity index (χ3n) is 4.43. The van der Waals surface area contributed by atoms with E-state index in [1.54, 1.807) is 7.11 Å².